The van der Waals surface area contributed by atoms with Gasteiger partial charge in [0.1, 0.15) is 23.2 Å². The van der Waals surface area contributed by atoms with Gasteiger partial charge in [0.25, 0.3) is 0 Å². The number of methoxy groups -OCH3 is 1. The molecule has 25 heavy (non-hydrogen) atoms. The van der Waals surface area contributed by atoms with Crippen LogP contribution in [0.25, 0.3) is 5.76 Å². The molecule has 0 spiro atoms. The van der Waals surface area contributed by atoms with Gasteiger partial charge in [0.2, 0.25) is 5.88 Å². The summed E-state index contributed by atoms with van der Waals surface area (Å²) >= 11 is 1.76. The van der Waals surface area contributed by atoms with Crippen LogP contribution in [0.4, 0.5) is 0 Å². The number of nitrogens with zero attached hydrogens (tertiary/aromatic N) is 1. The fourth-order valence-electron chi connectivity index (χ4n) is 3.27. The molecule has 0 aromatic heterocycles. The fraction of sp³-hybridized carbons (Fsp3) is 0.150. The zero-order chi connectivity index (χ0) is 17.4. The van der Waals surface area contributed by atoms with Crippen molar-refractivity contribution in [2.45, 2.75) is 10.8 Å². The molecule has 2 aromatic carbocycles. The van der Waals surface area contributed by atoms with Crippen molar-refractivity contribution in [1.29, 1.82) is 5.26 Å². The Hall–Kier alpha value is -2.84. The highest BCUT2D eigenvalue weighted by Gasteiger charge is 2.36. The minimum Gasteiger partial charge on any atom is -0.497 e. The Bertz CT molecular complexity index is 939. The van der Waals surface area contributed by atoms with Crippen molar-refractivity contribution >= 4 is 17.5 Å². The summed E-state index contributed by atoms with van der Waals surface area (Å²) in [5, 5.41) is 9.66. The molecule has 1 unspecified atom stereocenters. The molecule has 0 saturated heterocycles. The maximum absolute atomic E-state index is 9.66. The van der Waals surface area contributed by atoms with E-state index in [0.29, 0.717) is 5.57 Å². The lowest BCUT2D eigenvalue weighted by molar-refractivity contribution is 0.354. The van der Waals surface area contributed by atoms with Crippen LogP contribution in [-0.2, 0) is 4.74 Å². The molecule has 2 aliphatic rings. The topological polar surface area (TPSA) is 68.3 Å². The third-order valence-corrected chi connectivity index (χ3v) is 5.61. The van der Waals surface area contributed by atoms with Crippen LogP contribution in [-0.4, -0.2) is 12.9 Å². The number of hydrogen-bond donors (Lipinski definition) is 1. The van der Waals surface area contributed by atoms with Crippen LogP contribution in [0.5, 0.6) is 5.75 Å². The number of hydrogen-bond acceptors (Lipinski definition) is 5. The molecule has 2 heterocycles. The van der Waals surface area contributed by atoms with Crippen molar-refractivity contribution in [3.63, 3.8) is 0 Å². The number of fused-ring (bicyclic) bond motifs is 2. The van der Waals surface area contributed by atoms with Crippen molar-refractivity contribution < 1.29 is 9.47 Å². The van der Waals surface area contributed by atoms with Gasteiger partial charge in [0.15, 0.2) is 0 Å². The molecule has 2 aromatic rings. The number of thioether (sulfide) groups is 1. The minimum absolute atomic E-state index is 0.184. The van der Waals surface area contributed by atoms with Gasteiger partial charge in [-0.2, -0.15) is 5.26 Å². The molecule has 0 radical (unpaired) electrons. The zero-order valence-electron chi connectivity index (χ0n) is 13.7. The summed E-state index contributed by atoms with van der Waals surface area (Å²) in [7, 11) is 1.64. The predicted octanol–water partition coefficient (Wildman–Crippen LogP) is 4.02. The van der Waals surface area contributed by atoms with Crippen molar-refractivity contribution in [3.05, 3.63) is 76.7 Å². The van der Waals surface area contributed by atoms with Crippen molar-refractivity contribution in [2.24, 2.45) is 5.73 Å². The van der Waals surface area contributed by atoms with E-state index in [1.807, 2.05) is 42.5 Å². The van der Waals surface area contributed by atoms with Gasteiger partial charge in [-0.15, -0.1) is 11.8 Å². The Kier molecular flexibility index (Phi) is 3.90. The Morgan fingerprint density at radius 1 is 1.20 bits per heavy atom. The first-order valence-electron chi connectivity index (χ1n) is 7.89. The van der Waals surface area contributed by atoms with Crippen molar-refractivity contribution in [3.8, 4) is 11.8 Å². The first-order valence-corrected chi connectivity index (χ1v) is 8.88. The van der Waals surface area contributed by atoms with Crippen molar-refractivity contribution in [1.82, 2.24) is 0 Å². The summed E-state index contributed by atoms with van der Waals surface area (Å²) in [5.41, 5.74) is 9.70. The zero-order valence-corrected chi connectivity index (χ0v) is 14.5. The van der Waals surface area contributed by atoms with E-state index in [1.54, 1.807) is 18.9 Å². The minimum atomic E-state index is -0.194. The fourth-order valence-corrected chi connectivity index (χ4v) is 4.37. The molecule has 0 aliphatic carbocycles. The summed E-state index contributed by atoms with van der Waals surface area (Å²) < 4.78 is 11.1. The van der Waals surface area contributed by atoms with Crippen molar-refractivity contribution in [2.75, 3.05) is 12.9 Å². The summed E-state index contributed by atoms with van der Waals surface area (Å²) in [5.74, 6) is 2.32. The van der Waals surface area contributed by atoms with Gasteiger partial charge >= 0.3 is 0 Å². The molecule has 0 amide bonds. The van der Waals surface area contributed by atoms with Gasteiger partial charge < -0.3 is 15.2 Å². The Labute approximate surface area is 150 Å². The van der Waals surface area contributed by atoms with Gasteiger partial charge in [-0.25, -0.2) is 0 Å². The first-order chi connectivity index (χ1) is 12.2. The van der Waals surface area contributed by atoms with E-state index in [4.69, 9.17) is 15.2 Å². The molecule has 4 rings (SSSR count). The number of allylic oxidation sites excluding steroid dienone is 1. The molecule has 124 valence electrons. The molecule has 4 nitrogen and oxygen atoms in total. The molecule has 2 aliphatic heterocycles. The average molecular weight is 348 g/mol. The predicted molar refractivity (Wildman–Crippen MR) is 97.7 cm³/mol. The number of rotatable bonds is 2. The highest BCUT2D eigenvalue weighted by atomic mass is 32.2. The van der Waals surface area contributed by atoms with Gasteiger partial charge in [0.05, 0.1) is 13.0 Å². The van der Waals surface area contributed by atoms with E-state index < -0.39 is 0 Å². The summed E-state index contributed by atoms with van der Waals surface area (Å²) in [4.78, 5) is 1.17. The highest BCUT2D eigenvalue weighted by molar-refractivity contribution is 7.99. The third kappa shape index (κ3) is 2.55. The van der Waals surface area contributed by atoms with Gasteiger partial charge in [-0.1, -0.05) is 30.3 Å². The van der Waals surface area contributed by atoms with Crippen LogP contribution in [0.3, 0.4) is 0 Å². The van der Waals surface area contributed by atoms with E-state index >= 15 is 0 Å². The number of ether oxygens (including phenoxy) is 2. The van der Waals surface area contributed by atoms with E-state index in [0.717, 1.165) is 34.0 Å². The largest absolute Gasteiger partial charge is 0.497 e. The molecular formula is C20H16N2O2S. The second-order valence-corrected chi connectivity index (χ2v) is 6.85. The smallest absolute Gasteiger partial charge is 0.205 e. The van der Waals surface area contributed by atoms with Crippen LogP contribution >= 0.6 is 11.8 Å². The maximum atomic E-state index is 9.66. The SMILES string of the molecule is COc1ccc(C2C(C#N)=C(N)OC3=C2CSc2ccccc23)cc1. The van der Waals surface area contributed by atoms with E-state index in [-0.39, 0.29) is 11.8 Å². The van der Waals surface area contributed by atoms with Crippen LogP contribution < -0.4 is 10.5 Å². The van der Waals surface area contributed by atoms with E-state index in [2.05, 4.69) is 12.1 Å². The Morgan fingerprint density at radius 2 is 1.96 bits per heavy atom. The maximum Gasteiger partial charge on any atom is 0.205 e. The normalized spacial score (nSPS) is 18.8. The van der Waals surface area contributed by atoms with Crippen LogP contribution in [0, 0.1) is 11.3 Å². The van der Waals surface area contributed by atoms with E-state index in [9.17, 15) is 5.26 Å². The summed E-state index contributed by atoms with van der Waals surface area (Å²) in [6, 6.07) is 18.1. The monoisotopic (exact) mass is 348 g/mol. The summed E-state index contributed by atoms with van der Waals surface area (Å²) in [6.07, 6.45) is 0. The molecule has 0 fully saturated rings. The second kappa shape index (κ2) is 6.23. The molecular weight excluding hydrogens is 332 g/mol. The third-order valence-electron chi connectivity index (χ3n) is 4.49. The highest BCUT2D eigenvalue weighted by Crippen LogP contribution is 2.48. The van der Waals surface area contributed by atoms with Crippen LogP contribution in [0.1, 0.15) is 17.0 Å². The lowest BCUT2D eigenvalue weighted by Gasteiger charge is -2.32. The van der Waals surface area contributed by atoms with Gasteiger partial charge in [-0.3, -0.25) is 0 Å². The lowest BCUT2D eigenvalue weighted by atomic mass is 9.82. The molecule has 5 heteroatoms. The quantitative estimate of drug-likeness (QED) is 0.888. The average Bonchev–Trinajstić information content (AvgIpc) is 2.67. The molecule has 0 saturated carbocycles. The Morgan fingerprint density at radius 3 is 2.68 bits per heavy atom. The lowest BCUT2D eigenvalue weighted by Crippen LogP contribution is -2.23. The molecule has 0 bridgehead atoms. The first kappa shape index (κ1) is 15.7. The molecule has 1 atom stereocenters. The second-order valence-electron chi connectivity index (χ2n) is 5.84. The van der Waals surface area contributed by atoms with Crippen LogP contribution in [0.2, 0.25) is 0 Å². The van der Waals surface area contributed by atoms with Gasteiger partial charge in [0, 0.05) is 16.2 Å². The number of benzene rings is 2. The van der Waals surface area contributed by atoms with Gasteiger partial charge in [-0.05, 0) is 29.3 Å². The summed E-state index contributed by atoms with van der Waals surface area (Å²) in [6.45, 7) is 0. The standard InChI is InChI=1S/C20H16N2O2S/c1-23-13-8-6-12(7-9-13)18-15(10-21)20(22)24-19-14-4-2-3-5-17(14)25-11-16(18)19/h2-9,18H,11,22H2,1H3. The molecule has 2 N–H and O–H groups in total. The Balaban J connectivity index is 1.88. The van der Waals surface area contributed by atoms with E-state index in [1.165, 1.54) is 4.90 Å². The van der Waals surface area contributed by atoms with Crippen LogP contribution in [0.15, 0.2) is 70.5 Å². The number of nitriles is 1. The number of nitrogens with two attached hydrogens (primary N) is 1.